The largest absolute Gasteiger partial charge is 0.372 e. The zero-order valence-corrected chi connectivity index (χ0v) is 17.1. The number of fused-ring (bicyclic) bond motifs is 1. The second kappa shape index (κ2) is 7.01. The predicted octanol–water partition coefficient (Wildman–Crippen LogP) is 5.97. The summed E-state index contributed by atoms with van der Waals surface area (Å²) in [4.78, 5) is 13.1. The Labute approximate surface area is 168 Å². The van der Waals surface area contributed by atoms with Crippen molar-refractivity contribution in [2.45, 2.75) is 32.7 Å². The van der Waals surface area contributed by atoms with Gasteiger partial charge in [-0.2, -0.15) is 0 Å². The van der Waals surface area contributed by atoms with E-state index in [1.165, 1.54) is 0 Å². The normalized spacial score (nSPS) is 21.5. The lowest BCUT2D eigenvalue weighted by molar-refractivity contribution is -0.118. The zero-order valence-electron chi connectivity index (χ0n) is 15.6. The molecule has 0 spiro atoms. The standard InChI is InChI=1S/C23H23BrN2O/c1-23(2)13-19-21(20(27)14-23)22(16(24)12-15-8-4-3-5-9-15)26-18-11-7-6-10-17(18)25-19/h3-12,22,25-26H,13-14H2,1-2H3/b16-12+/t22-/m0/s1. The number of hydrogen-bond acceptors (Lipinski definition) is 3. The van der Waals surface area contributed by atoms with Crippen molar-refractivity contribution in [3.05, 3.63) is 75.9 Å². The summed E-state index contributed by atoms with van der Waals surface area (Å²) in [5.74, 6) is 0.206. The van der Waals surface area contributed by atoms with E-state index in [-0.39, 0.29) is 17.2 Å². The number of halogens is 1. The monoisotopic (exact) mass is 422 g/mol. The summed E-state index contributed by atoms with van der Waals surface area (Å²) in [6, 6.07) is 18.1. The summed E-state index contributed by atoms with van der Waals surface area (Å²) in [7, 11) is 0. The van der Waals surface area contributed by atoms with Gasteiger partial charge in [-0.15, -0.1) is 0 Å². The molecule has 0 saturated heterocycles. The van der Waals surface area contributed by atoms with Crippen LogP contribution in [-0.4, -0.2) is 11.8 Å². The fourth-order valence-electron chi connectivity index (χ4n) is 3.89. The van der Waals surface area contributed by atoms with Crippen LogP contribution in [0, 0.1) is 5.41 Å². The molecule has 2 aliphatic rings. The molecular weight excluding hydrogens is 400 g/mol. The van der Waals surface area contributed by atoms with Crippen LogP contribution in [0.3, 0.4) is 0 Å². The molecule has 0 amide bonds. The van der Waals surface area contributed by atoms with E-state index < -0.39 is 0 Å². The van der Waals surface area contributed by atoms with E-state index >= 15 is 0 Å². The smallest absolute Gasteiger partial charge is 0.163 e. The third-order valence-corrected chi connectivity index (χ3v) is 5.79. The van der Waals surface area contributed by atoms with Crippen LogP contribution in [0.25, 0.3) is 6.08 Å². The maximum absolute atomic E-state index is 13.1. The third-order valence-electron chi connectivity index (χ3n) is 5.10. The van der Waals surface area contributed by atoms with Gasteiger partial charge in [0.25, 0.3) is 0 Å². The number of carbonyl (C=O) groups excluding carboxylic acids is 1. The zero-order chi connectivity index (χ0) is 19.0. The first-order chi connectivity index (χ1) is 12.9. The molecule has 0 saturated carbocycles. The van der Waals surface area contributed by atoms with Crippen molar-refractivity contribution < 1.29 is 4.79 Å². The minimum atomic E-state index is -0.208. The average Bonchev–Trinajstić information content (AvgIpc) is 2.78. The second-order valence-electron chi connectivity index (χ2n) is 8.02. The van der Waals surface area contributed by atoms with Crippen LogP contribution in [0.15, 0.2) is 70.3 Å². The Hall–Kier alpha value is -2.33. The molecule has 2 aromatic carbocycles. The van der Waals surface area contributed by atoms with E-state index in [2.05, 4.69) is 64.7 Å². The van der Waals surface area contributed by atoms with Gasteiger partial charge >= 0.3 is 0 Å². The van der Waals surface area contributed by atoms with Crippen LogP contribution in [-0.2, 0) is 4.79 Å². The fraction of sp³-hybridized carbons (Fsp3) is 0.261. The summed E-state index contributed by atoms with van der Waals surface area (Å²) in [5, 5.41) is 7.12. The van der Waals surface area contributed by atoms with Gasteiger partial charge in [0.15, 0.2) is 5.78 Å². The summed E-state index contributed by atoms with van der Waals surface area (Å²) in [6.07, 6.45) is 3.50. The van der Waals surface area contributed by atoms with Crippen molar-refractivity contribution in [2.24, 2.45) is 5.41 Å². The van der Waals surface area contributed by atoms with Crippen LogP contribution < -0.4 is 10.6 Å². The number of anilines is 2. The highest BCUT2D eigenvalue weighted by Crippen LogP contribution is 2.43. The molecule has 1 aliphatic heterocycles. The van der Waals surface area contributed by atoms with Crippen molar-refractivity contribution in [3.63, 3.8) is 0 Å². The minimum Gasteiger partial charge on any atom is -0.372 e. The number of allylic oxidation sites excluding steroid dienone is 1. The van der Waals surface area contributed by atoms with E-state index in [0.29, 0.717) is 6.42 Å². The average molecular weight is 423 g/mol. The van der Waals surface area contributed by atoms with Gasteiger partial charge in [0.05, 0.1) is 17.4 Å². The first-order valence-electron chi connectivity index (χ1n) is 9.24. The number of rotatable bonds is 2. The van der Waals surface area contributed by atoms with E-state index in [1.54, 1.807) is 0 Å². The summed E-state index contributed by atoms with van der Waals surface area (Å²) in [5.41, 5.74) is 4.94. The highest BCUT2D eigenvalue weighted by atomic mass is 79.9. The number of benzene rings is 2. The van der Waals surface area contributed by atoms with Gasteiger partial charge in [-0.1, -0.05) is 72.2 Å². The molecule has 1 atom stereocenters. The Kier molecular flexibility index (Phi) is 4.68. The van der Waals surface area contributed by atoms with Crippen molar-refractivity contribution in [2.75, 3.05) is 10.6 Å². The Morgan fingerprint density at radius 2 is 1.70 bits per heavy atom. The molecule has 0 aromatic heterocycles. The molecule has 1 heterocycles. The Balaban J connectivity index is 1.83. The molecule has 0 bridgehead atoms. The van der Waals surface area contributed by atoms with Crippen molar-refractivity contribution >= 4 is 39.2 Å². The van der Waals surface area contributed by atoms with Crippen molar-refractivity contribution in [1.29, 1.82) is 0 Å². The van der Waals surface area contributed by atoms with Crippen molar-refractivity contribution in [1.82, 2.24) is 0 Å². The molecule has 1 aliphatic carbocycles. The number of para-hydroxylation sites is 2. The molecule has 27 heavy (non-hydrogen) atoms. The highest BCUT2D eigenvalue weighted by Gasteiger charge is 2.38. The van der Waals surface area contributed by atoms with E-state index in [4.69, 9.17) is 0 Å². The van der Waals surface area contributed by atoms with Gasteiger partial charge in [0.2, 0.25) is 0 Å². The number of ketones is 1. The topological polar surface area (TPSA) is 41.1 Å². The molecule has 4 heteroatoms. The van der Waals surface area contributed by atoms with E-state index in [9.17, 15) is 4.79 Å². The van der Waals surface area contributed by atoms with Gasteiger partial charge in [-0.3, -0.25) is 4.79 Å². The number of hydrogen-bond donors (Lipinski definition) is 2. The molecule has 4 rings (SSSR count). The summed E-state index contributed by atoms with van der Waals surface area (Å²) < 4.78 is 0.952. The summed E-state index contributed by atoms with van der Waals surface area (Å²) in [6.45, 7) is 4.31. The maximum atomic E-state index is 13.1. The van der Waals surface area contributed by atoms with Gasteiger partial charge < -0.3 is 10.6 Å². The van der Waals surface area contributed by atoms with Gasteiger partial charge in [-0.05, 0) is 35.6 Å². The Bertz CT molecular complexity index is 944. The first kappa shape index (κ1) is 18.1. The van der Waals surface area contributed by atoms with Crippen LogP contribution in [0.4, 0.5) is 11.4 Å². The van der Waals surface area contributed by atoms with Crippen molar-refractivity contribution in [3.8, 4) is 0 Å². The molecule has 0 unspecified atom stereocenters. The lowest BCUT2D eigenvalue weighted by Gasteiger charge is -2.34. The van der Waals surface area contributed by atoms with E-state index in [0.717, 1.165) is 39.1 Å². The van der Waals surface area contributed by atoms with Crippen LogP contribution in [0.5, 0.6) is 0 Å². The van der Waals surface area contributed by atoms with E-state index in [1.807, 2.05) is 36.4 Å². The first-order valence-corrected chi connectivity index (χ1v) is 10.0. The molecule has 0 radical (unpaired) electrons. The number of nitrogens with one attached hydrogen (secondary N) is 2. The van der Waals surface area contributed by atoms with Gasteiger partial charge in [0.1, 0.15) is 0 Å². The van der Waals surface area contributed by atoms with Crippen LogP contribution in [0.2, 0.25) is 0 Å². The van der Waals surface area contributed by atoms with Crippen LogP contribution >= 0.6 is 15.9 Å². The quantitative estimate of drug-likeness (QED) is 0.625. The van der Waals surface area contributed by atoms with Gasteiger partial charge in [-0.25, -0.2) is 0 Å². The molecule has 2 N–H and O–H groups in total. The molecule has 0 fully saturated rings. The second-order valence-corrected chi connectivity index (χ2v) is 8.94. The molecule has 2 aromatic rings. The summed E-state index contributed by atoms with van der Waals surface area (Å²) >= 11 is 3.77. The SMILES string of the molecule is CC1(C)CC(=O)C2=C(C1)Nc1ccccc1N[C@H]2/C(Br)=C\c1ccccc1. The minimum absolute atomic E-state index is 0.0393. The fourth-order valence-corrected chi connectivity index (χ4v) is 4.50. The number of Topliss-reactive ketones (excluding diaryl/α,β-unsaturated/α-hetero) is 1. The Morgan fingerprint density at radius 1 is 1.04 bits per heavy atom. The van der Waals surface area contributed by atoms with Crippen LogP contribution in [0.1, 0.15) is 32.3 Å². The molecule has 3 nitrogen and oxygen atoms in total. The molecular formula is C23H23BrN2O. The van der Waals surface area contributed by atoms with Gasteiger partial charge in [0, 0.05) is 22.2 Å². The maximum Gasteiger partial charge on any atom is 0.163 e. The lowest BCUT2D eigenvalue weighted by atomic mass is 9.74. The lowest BCUT2D eigenvalue weighted by Crippen LogP contribution is -2.35. The highest BCUT2D eigenvalue weighted by molar-refractivity contribution is 9.11. The predicted molar refractivity (Wildman–Crippen MR) is 116 cm³/mol. The molecule has 138 valence electrons. The third kappa shape index (κ3) is 3.72. The Morgan fingerprint density at radius 3 is 2.44 bits per heavy atom. The number of carbonyl (C=O) groups is 1.